The van der Waals surface area contributed by atoms with Crippen molar-refractivity contribution in [1.29, 1.82) is 5.26 Å². The molecule has 1 atom stereocenters. The number of rotatable bonds is 7. The number of aromatic nitrogens is 6. The molecule has 0 radical (unpaired) electrons. The Morgan fingerprint density at radius 2 is 1.35 bits per heavy atom. The third kappa shape index (κ3) is 6.80. The summed E-state index contributed by atoms with van der Waals surface area (Å²) >= 11 is 0. The molecule has 0 aliphatic carbocycles. The summed E-state index contributed by atoms with van der Waals surface area (Å²) in [6.45, 7) is 10.6. The van der Waals surface area contributed by atoms with Crippen molar-refractivity contribution < 1.29 is 9.47 Å². The standard InChI is InChI=1S/C14H18N4O.C13H12N4O/c1-4-19-14-11(6-5-7-16-14)12-9(2)8-17-13(18-12)10(3)15;1-3-18-13-10(5-4-6-15-13)12-9(2)8-16-11(7-14)17-12/h5-8,10H,4,15H2,1-3H3;4-6,8H,3H2,1-2H3. The first kappa shape index (κ1) is 27.1. The second-order valence-corrected chi connectivity index (χ2v) is 7.96. The molecule has 0 aliphatic heterocycles. The van der Waals surface area contributed by atoms with Crippen LogP contribution >= 0.6 is 0 Å². The average Bonchev–Trinajstić information content (AvgIpc) is 2.91. The lowest BCUT2D eigenvalue weighted by molar-refractivity contribution is 0.328. The molecule has 0 saturated carbocycles. The van der Waals surface area contributed by atoms with Crippen molar-refractivity contribution >= 4 is 0 Å². The number of nitrogens with zero attached hydrogens (tertiary/aromatic N) is 7. The highest BCUT2D eigenvalue weighted by Gasteiger charge is 2.14. The van der Waals surface area contributed by atoms with Gasteiger partial charge in [0.15, 0.2) is 0 Å². The topological polar surface area (TPSA) is 146 Å². The summed E-state index contributed by atoms with van der Waals surface area (Å²) in [6.07, 6.45) is 6.78. The van der Waals surface area contributed by atoms with Crippen LogP contribution in [0, 0.1) is 25.2 Å². The fourth-order valence-electron chi connectivity index (χ4n) is 3.36. The number of pyridine rings is 2. The van der Waals surface area contributed by atoms with Crippen LogP contribution < -0.4 is 15.2 Å². The zero-order valence-electron chi connectivity index (χ0n) is 21.6. The van der Waals surface area contributed by atoms with E-state index in [1.54, 1.807) is 24.8 Å². The molecule has 190 valence electrons. The quantitative estimate of drug-likeness (QED) is 0.389. The number of nitriles is 1. The summed E-state index contributed by atoms with van der Waals surface area (Å²) < 4.78 is 11.0. The van der Waals surface area contributed by atoms with Crippen molar-refractivity contribution in [3.05, 3.63) is 71.8 Å². The van der Waals surface area contributed by atoms with Gasteiger partial charge in [0.1, 0.15) is 11.9 Å². The van der Waals surface area contributed by atoms with E-state index in [4.69, 9.17) is 20.5 Å². The van der Waals surface area contributed by atoms with Crippen LogP contribution in [0.25, 0.3) is 22.5 Å². The van der Waals surface area contributed by atoms with Gasteiger partial charge in [-0.2, -0.15) is 5.26 Å². The molecule has 4 heterocycles. The highest BCUT2D eigenvalue weighted by atomic mass is 16.5. The Hall–Kier alpha value is -4.49. The van der Waals surface area contributed by atoms with Crippen molar-refractivity contribution in [2.24, 2.45) is 5.73 Å². The van der Waals surface area contributed by atoms with Crippen LogP contribution in [0.15, 0.2) is 49.1 Å². The van der Waals surface area contributed by atoms with Crippen LogP contribution in [-0.4, -0.2) is 43.1 Å². The lowest BCUT2D eigenvalue weighted by atomic mass is 10.1. The molecule has 1 unspecified atom stereocenters. The third-order valence-corrected chi connectivity index (χ3v) is 5.08. The van der Waals surface area contributed by atoms with E-state index in [-0.39, 0.29) is 11.9 Å². The van der Waals surface area contributed by atoms with E-state index < -0.39 is 0 Å². The number of ether oxygens (including phenoxy) is 2. The second kappa shape index (κ2) is 13.0. The lowest BCUT2D eigenvalue weighted by Crippen LogP contribution is -2.11. The number of nitrogens with two attached hydrogens (primary N) is 1. The fourth-order valence-corrected chi connectivity index (χ4v) is 3.36. The summed E-state index contributed by atoms with van der Waals surface area (Å²) in [4.78, 5) is 25.3. The monoisotopic (exact) mass is 498 g/mol. The van der Waals surface area contributed by atoms with Gasteiger partial charge in [0.25, 0.3) is 0 Å². The minimum absolute atomic E-state index is 0.141. The van der Waals surface area contributed by atoms with E-state index in [0.29, 0.717) is 36.5 Å². The van der Waals surface area contributed by atoms with E-state index >= 15 is 0 Å². The number of hydrogen-bond donors (Lipinski definition) is 1. The zero-order valence-corrected chi connectivity index (χ0v) is 21.6. The van der Waals surface area contributed by atoms with Crippen molar-refractivity contribution in [2.75, 3.05) is 13.2 Å². The molecule has 4 rings (SSSR count). The first-order valence-electron chi connectivity index (χ1n) is 11.9. The van der Waals surface area contributed by atoms with Crippen molar-refractivity contribution in [1.82, 2.24) is 29.9 Å². The van der Waals surface area contributed by atoms with Crippen molar-refractivity contribution in [2.45, 2.75) is 40.7 Å². The molecule has 2 N–H and O–H groups in total. The smallest absolute Gasteiger partial charge is 0.232 e. The minimum Gasteiger partial charge on any atom is -0.477 e. The maximum absolute atomic E-state index is 8.85. The minimum atomic E-state index is -0.202. The van der Waals surface area contributed by atoms with Crippen LogP contribution in [0.2, 0.25) is 0 Å². The molecule has 4 aromatic rings. The Bertz CT molecular complexity index is 1390. The maximum Gasteiger partial charge on any atom is 0.232 e. The molecule has 0 aliphatic rings. The highest BCUT2D eigenvalue weighted by molar-refractivity contribution is 5.68. The zero-order chi connectivity index (χ0) is 26.8. The van der Waals surface area contributed by atoms with Gasteiger partial charge in [0.2, 0.25) is 17.6 Å². The maximum atomic E-state index is 8.85. The van der Waals surface area contributed by atoms with Gasteiger partial charge in [0.05, 0.1) is 41.8 Å². The number of hydrogen-bond acceptors (Lipinski definition) is 10. The first-order valence-corrected chi connectivity index (χ1v) is 11.9. The van der Waals surface area contributed by atoms with Crippen LogP contribution in [0.3, 0.4) is 0 Å². The summed E-state index contributed by atoms with van der Waals surface area (Å²) in [7, 11) is 0. The summed E-state index contributed by atoms with van der Waals surface area (Å²) in [5.41, 5.74) is 10.8. The Morgan fingerprint density at radius 1 is 0.838 bits per heavy atom. The normalized spacial score (nSPS) is 11.1. The molecule has 0 aromatic carbocycles. The van der Waals surface area contributed by atoms with Crippen LogP contribution in [0.1, 0.15) is 49.6 Å². The molecule has 37 heavy (non-hydrogen) atoms. The Labute approximate surface area is 216 Å². The third-order valence-electron chi connectivity index (χ3n) is 5.08. The molecule has 0 bridgehead atoms. The molecule has 0 fully saturated rings. The largest absolute Gasteiger partial charge is 0.477 e. The Morgan fingerprint density at radius 3 is 1.84 bits per heavy atom. The highest BCUT2D eigenvalue weighted by Crippen LogP contribution is 2.29. The summed E-state index contributed by atoms with van der Waals surface area (Å²) in [6, 6.07) is 9.22. The van der Waals surface area contributed by atoms with Gasteiger partial charge in [-0.1, -0.05) is 0 Å². The molecule has 10 heteroatoms. The molecule has 4 aromatic heterocycles. The van der Waals surface area contributed by atoms with Crippen molar-refractivity contribution in [3.8, 4) is 40.3 Å². The predicted molar refractivity (Wildman–Crippen MR) is 140 cm³/mol. The summed E-state index contributed by atoms with van der Waals surface area (Å²) in [5, 5.41) is 8.85. The van der Waals surface area contributed by atoms with Gasteiger partial charge in [0, 0.05) is 24.8 Å². The second-order valence-electron chi connectivity index (χ2n) is 7.96. The van der Waals surface area contributed by atoms with Crippen molar-refractivity contribution in [3.63, 3.8) is 0 Å². The molecule has 10 nitrogen and oxygen atoms in total. The van der Waals surface area contributed by atoms with Crippen LogP contribution in [0.5, 0.6) is 11.8 Å². The fraction of sp³-hybridized carbons (Fsp3) is 0.296. The lowest BCUT2D eigenvalue weighted by Gasteiger charge is -2.12. The van der Waals surface area contributed by atoms with E-state index in [0.717, 1.165) is 27.9 Å². The molecular weight excluding hydrogens is 468 g/mol. The molecule has 0 spiro atoms. The van der Waals surface area contributed by atoms with Crippen LogP contribution in [0.4, 0.5) is 0 Å². The Kier molecular flexibility index (Phi) is 9.52. The van der Waals surface area contributed by atoms with Gasteiger partial charge in [-0.05, 0) is 70.0 Å². The van der Waals surface area contributed by atoms with E-state index in [2.05, 4.69) is 29.9 Å². The van der Waals surface area contributed by atoms with Gasteiger partial charge in [-0.25, -0.2) is 29.9 Å². The van der Waals surface area contributed by atoms with E-state index in [1.807, 2.05) is 65.0 Å². The van der Waals surface area contributed by atoms with E-state index in [1.165, 1.54) is 0 Å². The van der Waals surface area contributed by atoms with Crippen LogP contribution in [-0.2, 0) is 0 Å². The predicted octanol–water partition coefficient (Wildman–Crippen LogP) is 4.38. The average molecular weight is 499 g/mol. The SMILES string of the molecule is CCOc1ncccc1-c1nc(C#N)ncc1C.CCOc1ncccc1-c1nc(C(C)N)ncc1C. The number of aryl methyl sites for hydroxylation is 2. The molecule has 0 amide bonds. The van der Waals surface area contributed by atoms with Gasteiger partial charge in [-0.15, -0.1) is 0 Å². The van der Waals surface area contributed by atoms with Gasteiger partial charge < -0.3 is 15.2 Å². The summed E-state index contributed by atoms with van der Waals surface area (Å²) in [5.74, 6) is 1.86. The van der Waals surface area contributed by atoms with Gasteiger partial charge >= 0.3 is 0 Å². The van der Waals surface area contributed by atoms with E-state index in [9.17, 15) is 0 Å². The van der Waals surface area contributed by atoms with Gasteiger partial charge in [-0.3, -0.25) is 0 Å². The first-order chi connectivity index (χ1) is 17.9. The Balaban J connectivity index is 0.000000206. The molecular formula is C27H30N8O2. The molecule has 0 saturated heterocycles.